The van der Waals surface area contributed by atoms with E-state index in [1.54, 1.807) is 6.92 Å². The van der Waals surface area contributed by atoms with Gasteiger partial charge < -0.3 is 19.6 Å². The molecule has 7 rings (SSSR count). The van der Waals surface area contributed by atoms with Crippen molar-refractivity contribution < 1.29 is 9.21 Å². The van der Waals surface area contributed by atoms with Crippen LogP contribution in [0.5, 0.6) is 0 Å². The highest BCUT2D eigenvalue weighted by atomic mass is 16.4. The molecule has 2 aliphatic heterocycles. The number of hydrogen-bond acceptors (Lipinski definition) is 4. The van der Waals surface area contributed by atoms with Gasteiger partial charge >= 0.3 is 6.03 Å². The first-order chi connectivity index (χ1) is 14.0. The van der Waals surface area contributed by atoms with Crippen LogP contribution in [0.25, 0.3) is 10.9 Å². The Bertz CT molecular complexity index is 1120. The Kier molecular flexibility index (Phi) is 3.44. The average Bonchev–Trinajstić information content (AvgIpc) is 3.41. The summed E-state index contributed by atoms with van der Waals surface area (Å²) >= 11 is 0. The molecule has 1 aromatic carbocycles. The summed E-state index contributed by atoms with van der Waals surface area (Å²) in [7, 11) is 0. The number of carbonyl (C=O) groups is 1. The van der Waals surface area contributed by atoms with Gasteiger partial charge in [-0.2, -0.15) is 0 Å². The maximum absolute atomic E-state index is 13.2. The van der Waals surface area contributed by atoms with E-state index in [1.807, 2.05) is 4.90 Å². The van der Waals surface area contributed by atoms with Gasteiger partial charge in [-0.3, -0.25) is 0 Å². The molecule has 2 aliphatic carbocycles. The predicted octanol–water partition coefficient (Wildman–Crippen LogP) is 3.36. The van der Waals surface area contributed by atoms with Crippen molar-refractivity contribution in [1.82, 2.24) is 25.4 Å². The number of carbonyl (C=O) groups excluding carboxylic acids is 1. The first-order valence-electron chi connectivity index (χ1n) is 10.5. The van der Waals surface area contributed by atoms with Gasteiger partial charge in [0.25, 0.3) is 0 Å². The number of aryl methyl sites for hydroxylation is 3. The molecule has 2 amide bonds. The summed E-state index contributed by atoms with van der Waals surface area (Å²) in [6.45, 7) is 4.70. The molecule has 3 aromatic rings. The van der Waals surface area contributed by atoms with E-state index in [0.717, 1.165) is 38.6 Å². The summed E-state index contributed by atoms with van der Waals surface area (Å²) in [6, 6.07) is 6.70. The second-order valence-corrected chi connectivity index (χ2v) is 9.06. The molecule has 150 valence electrons. The van der Waals surface area contributed by atoms with Gasteiger partial charge in [0.05, 0.1) is 0 Å². The summed E-state index contributed by atoms with van der Waals surface area (Å²) in [5.74, 6) is 1.69. The van der Waals surface area contributed by atoms with Crippen molar-refractivity contribution in [2.24, 2.45) is 5.92 Å². The number of H-pyrrole nitrogens is 1. The first-order valence-corrected chi connectivity index (χ1v) is 10.5. The molecule has 4 aliphatic rings. The monoisotopic (exact) mass is 391 g/mol. The fourth-order valence-corrected chi connectivity index (χ4v) is 5.64. The molecule has 7 nitrogen and oxygen atoms in total. The smallest absolute Gasteiger partial charge is 0.318 e. The molecule has 2 aromatic heterocycles. The average molecular weight is 391 g/mol. The van der Waals surface area contributed by atoms with Gasteiger partial charge in [0.2, 0.25) is 11.8 Å². The van der Waals surface area contributed by atoms with E-state index in [-0.39, 0.29) is 12.1 Å². The number of nitrogens with one attached hydrogen (secondary N) is 2. The summed E-state index contributed by atoms with van der Waals surface area (Å²) in [6.07, 6.45) is 4.64. The Morgan fingerprint density at radius 3 is 2.97 bits per heavy atom. The summed E-state index contributed by atoms with van der Waals surface area (Å²) in [4.78, 5) is 18.7. The lowest BCUT2D eigenvalue weighted by Crippen LogP contribution is -2.52. The fourth-order valence-electron chi connectivity index (χ4n) is 5.64. The lowest BCUT2D eigenvalue weighted by Gasteiger charge is -2.39. The van der Waals surface area contributed by atoms with Gasteiger partial charge in [0.15, 0.2) is 0 Å². The summed E-state index contributed by atoms with van der Waals surface area (Å²) in [5.41, 5.74) is 4.73. The van der Waals surface area contributed by atoms with Gasteiger partial charge in [0, 0.05) is 36.1 Å². The van der Waals surface area contributed by atoms with E-state index >= 15 is 0 Å². The second-order valence-electron chi connectivity index (χ2n) is 9.06. The number of benzene rings is 1. The van der Waals surface area contributed by atoms with E-state index in [0.29, 0.717) is 17.7 Å². The highest BCUT2D eigenvalue weighted by Crippen LogP contribution is 2.56. The van der Waals surface area contributed by atoms with Crippen LogP contribution in [0.4, 0.5) is 4.79 Å². The Morgan fingerprint density at radius 1 is 1.31 bits per heavy atom. The lowest BCUT2D eigenvalue weighted by molar-refractivity contribution is 0.0890. The van der Waals surface area contributed by atoms with Crippen LogP contribution in [0.2, 0.25) is 0 Å². The molecule has 0 spiro atoms. The maximum atomic E-state index is 13.2. The summed E-state index contributed by atoms with van der Waals surface area (Å²) in [5, 5.41) is 12.8. The van der Waals surface area contributed by atoms with E-state index < -0.39 is 5.54 Å². The molecule has 1 saturated carbocycles. The van der Waals surface area contributed by atoms with Crippen molar-refractivity contribution in [3.63, 3.8) is 0 Å². The molecule has 0 radical (unpaired) electrons. The predicted molar refractivity (Wildman–Crippen MR) is 108 cm³/mol. The topological polar surface area (TPSA) is 87.0 Å². The number of amides is 2. The standard InChI is InChI=1S/C22H25N5O2/c1-12-3-5-18-16(7-12)17-8-15(4-6-19(17)24-18)23-21(28)27-11-14-9-22(27,10-14)20-26-25-13(2)29-20/h3,5,7,14-15,24H,4,6,8-11H2,1-2H3,(H,23,28). The molecule has 3 fully saturated rings. The SMILES string of the molecule is Cc1ccc2[nH]c3c(c2c1)CC(NC(=O)N1CC2CC1(c1nnc(C)o1)C2)CC3. The van der Waals surface area contributed by atoms with Crippen LogP contribution in [0.1, 0.15) is 47.9 Å². The quantitative estimate of drug-likeness (QED) is 0.701. The molecule has 29 heavy (non-hydrogen) atoms. The molecule has 2 saturated heterocycles. The van der Waals surface area contributed by atoms with Crippen molar-refractivity contribution in [3.8, 4) is 0 Å². The Balaban J connectivity index is 1.23. The van der Waals surface area contributed by atoms with Crippen LogP contribution in [0, 0.1) is 19.8 Å². The van der Waals surface area contributed by atoms with Gasteiger partial charge in [-0.05, 0) is 62.6 Å². The van der Waals surface area contributed by atoms with Gasteiger partial charge in [-0.1, -0.05) is 11.6 Å². The summed E-state index contributed by atoms with van der Waals surface area (Å²) < 4.78 is 5.73. The molecule has 4 heterocycles. The number of rotatable bonds is 2. The van der Waals surface area contributed by atoms with Crippen molar-refractivity contribution in [2.75, 3.05) is 6.54 Å². The van der Waals surface area contributed by atoms with Crippen LogP contribution in [-0.2, 0) is 18.4 Å². The zero-order chi connectivity index (χ0) is 19.8. The van der Waals surface area contributed by atoms with Gasteiger partial charge in [-0.15, -0.1) is 10.2 Å². The van der Waals surface area contributed by atoms with E-state index in [4.69, 9.17) is 4.42 Å². The third kappa shape index (κ3) is 2.46. The van der Waals surface area contributed by atoms with E-state index in [2.05, 4.69) is 45.6 Å². The number of aromatic amines is 1. The minimum absolute atomic E-state index is 0.00493. The van der Waals surface area contributed by atoms with Crippen LogP contribution < -0.4 is 5.32 Å². The van der Waals surface area contributed by atoms with Gasteiger partial charge in [0.1, 0.15) is 5.54 Å². The normalized spacial score (nSPS) is 27.7. The number of nitrogens with zero attached hydrogens (tertiary/aromatic N) is 3. The molecule has 1 atom stereocenters. The number of fused-ring (bicyclic) bond motifs is 4. The van der Waals surface area contributed by atoms with Crippen LogP contribution in [-0.4, -0.2) is 38.7 Å². The number of hydrogen-bond donors (Lipinski definition) is 2. The van der Waals surface area contributed by atoms with Crippen LogP contribution in [0.15, 0.2) is 22.6 Å². The molecular formula is C22H25N5O2. The zero-order valence-corrected chi connectivity index (χ0v) is 16.8. The third-order valence-electron chi connectivity index (χ3n) is 7.05. The Hall–Kier alpha value is -2.83. The van der Waals surface area contributed by atoms with Crippen molar-refractivity contribution in [1.29, 1.82) is 0 Å². The third-order valence-corrected chi connectivity index (χ3v) is 7.05. The minimum Gasteiger partial charge on any atom is -0.423 e. The Morgan fingerprint density at radius 2 is 2.17 bits per heavy atom. The number of aromatic nitrogens is 3. The highest BCUT2D eigenvalue weighted by Gasteiger charge is 2.62. The molecule has 2 N–H and O–H groups in total. The van der Waals surface area contributed by atoms with E-state index in [9.17, 15) is 4.79 Å². The first kappa shape index (κ1) is 17.1. The second kappa shape index (κ2) is 5.84. The Labute approximate surface area is 168 Å². The number of urea groups is 1. The molecule has 2 bridgehead atoms. The van der Waals surface area contributed by atoms with Crippen molar-refractivity contribution >= 4 is 16.9 Å². The molecule has 7 heteroatoms. The molecule has 1 unspecified atom stereocenters. The molecular weight excluding hydrogens is 366 g/mol. The van der Waals surface area contributed by atoms with Crippen molar-refractivity contribution in [2.45, 2.75) is 57.5 Å². The van der Waals surface area contributed by atoms with Crippen LogP contribution in [0.3, 0.4) is 0 Å². The van der Waals surface area contributed by atoms with Gasteiger partial charge in [-0.25, -0.2) is 4.79 Å². The highest BCUT2D eigenvalue weighted by molar-refractivity contribution is 5.86. The zero-order valence-electron chi connectivity index (χ0n) is 16.8. The van der Waals surface area contributed by atoms with Crippen LogP contribution >= 0.6 is 0 Å². The van der Waals surface area contributed by atoms with E-state index in [1.165, 1.54) is 27.7 Å². The maximum Gasteiger partial charge on any atom is 0.318 e. The minimum atomic E-state index is -0.395. The fraction of sp³-hybridized carbons (Fsp3) is 0.500. The lowest BCUT2D eigenvalue weighted by atomic mass is 9.73. The largest absolute Gasteiger partial charge is 0.423 e. The van der Waals surface area contributed by atoms with Crippen molar-refractivity contribution in [3.05, 3.63) is 46.8 Å².